The molecule has 114 valence electrons. The lowest BCUT2D eigenvalue weighted by atomic mass is 10.1. The molecule has 2 aromatic rings. The summed E-state index contributed by atoms with van der Waals surface area (Å²) in [5, 5.41) is 8.45. The molecule has 2 aromatic carbocycles. The third kappa shape index (κ3) is 2.41. The van der Waals surface area contributed by atoms with Crippen molar-refractivity contribution in [2.75, 3.05) is 0 Å². The van der Waals surface area contributed by atoms with Crippen LogP contribution in [-0.2, 0) is 14.6 Å². The molecule has 0 amide bonds. The molecule has 0 saturated heterocycles. The average molecular weight is 316 g/mol. The number of sulfone groups is 1. The third-order valence-corrected chi connectivity index (χ3v) is 6.36. The Morgan fingerprint density at radius 2 is 1.59 bits per heavy atom. The molecule has 1 saturated carbocycles. The van der Waals surface area contributed by atoms with Crippen LogP contribution in [0.2, 0.25) is 0 Å². The zero-order valence-corrected chi connectivity index (χ0v) is 12.8. The lowest BCUT2D eigenvalue weighted by molar-refractivity contribution is -0.138. The zero-order chi connectivity index (χ0) is 15.9. The fraction of sp³-hybridized carbons (Fsp3) is 0.235. The predicted octanol–water partition coefficient (Wildman–Crippen LogP) is 2.64. The van der Waals surface area contributed by atoms with Crippen molar-refractivity contribution < 1.29 is 18.3 Å². The Hall–Kier alpha value is -2.14. The number of benzene rings is 2. The van der Waals surface area contributed by atoms with Crippen LogP contribution < -0.4 is 0 Å². The fourth-order valence-electron chi connectivity index (χ4n) is 2.92. The molecule has 22 heavy (non-hydrogen) atoms. The van der Waals surface area contributed by atoms with E-state index in [4.69, 9.17) is 0 Å². The summed E-state index contributed by atoms with van der Waals surface area (Å²) in [6.45, 7) is 1.88. The van der Waals surface area contributed by atoms with Crippen LogP contribution in [0.3, 0.4) is 0 Å². The zero-order valence-electron chi connectivity index (χ0n) is 12.0. The highest BCUT2D eigenvalue weighted by Gasteiger charge is 2.62. The normalized spacial score (nSPS) is 24.0. The monoisotopic (exact) mass is 316 g/mol. The highest BCUT2D eigenvalue weighted by atomic mass is 32.2. The van der Waals surface area contributed by atoms with Gasteiger partial charge in [-0.1, -0.05) is 48.0 Å². The maximum absolute atomic E-state index is 12.7. The number of aryl methyl sites for hydroxylation is 1. The van der Waals surface area contributed by atoms with Gasteiger partial charge in [-0.15, -0.1) is 0 Å². The number of carbonyl (C=O) groups is 1. The van der Waals surface area contributed by atoms with Gasteiger partial charge in [0.1, 0.15) is 0 Å². The van der Waals surface area contributed by atoms with Crippen molar-refractivity contribution in [3.63, 3.8) is 0 Å². The van der Waals surface area contributed by atoms with Gasteiger partial charge in [-0.3, -0.25) is 4.79 Å². The van der Waals surface area contributed by atoms with E-state index in [1.54, 1.807) is 48.5 Å². The van der Waals surface area contributed by atoms with E-state index >= 15 is 0 Å². The molecule has 0 heterocycles. The summed E-state index contributed by atoms with van der Waals surface area (Å²) in [5.41, 5.74) is 1.72. The minimum Gasteiger partial charge on any atom is -0.481 e. The Morgan fingerprint density at radius 3 is 2.14 bits per heavy atom. The highest BCUT2D eigenvalue weighted by Crippen LogP contribution is 2.54. The first-order valence-electron chi connectivity index (χ1n) is 7.01. The standard InChI is InChI=1S/C17H16O4S/c1-11-7-9-13(10-8-11)22(20,21)16-14(15(16)17(18)19)12-5-3-2-4-6-12/h2-10,14-16H,1H3,(H,18,19)/t14-,15-,16+/m1/s1. The number of rotatable bonds is 4. The molecule has 3 atom stereocenters. The van der Waals surface area contributed by atoms with E-state index in [9.17, 15) is 18.3 Å². The number of hydrogen-bond donors (Lipinski definition) is 1. The van der Waals surface area contributed by atoms with Gasteiger partial charge < -0.3 is 5.11 Å². The summed E-state index contributed by atoms with van der Waals surface area (Å²) in [6, 6.07) is 15.5. The van der Waals surface area contributed by atoms with E-state index in [-0.39, 0.29) is 4.90 Å². The second-order valence-corrected chi connectivity index (χ2v) is 7.73. The Bertz CT molecular complexity index is 794. The summed E-state index contributed by atoms with van der Waals surface area (Å²) in [7, 11) is -3.65. The van der Waals surface area contributed by atoms with Crippen LogP contribution >= 0.6 is 0 Å². The number of aliphatic carboxylic acids is 1. The lowest BCUT2D eigenvalue weighted by Crippen LogP contribution is -2.13. The number of hydrogen-bond acceptors (Lipinski definition) is 3. The number of carboxylic acid groups (broad SMARTS) is 1. The predicted molar refractivity (Wildman–Crippen MR) is 82.5 cm³/mol. The molecule has 0 spiro atoms. The van der Waals surface area contributed by atoms with Gasteiger partial charge >= 0.3 is 5.97 Å². The van der Waals surface area contributed by atoms with Gasteiger partial charge in [-0.25, -0.2) is 8.42 Å². The van der Waals surface area contributed by atoms with Gasteiger partial charge in [0, 0.05) is 5.92 Å². The summed E-state index contributed by atoms with van der Waals surface area (Å²) < 4.78 is 25.5. The van der Waals surface area contributed by atoms with Gasteiger partial charge in [-0.2, -0.15) is 0 Å². The highest BCUT2D eigenvalue weighted by molar-refractivity contribution is 7.92. The first kappa shape index (κ1) is 14.8. The van der Waals surface area contributed by atoms with Crippen LogP contribution in [0, 0.1) is 12.8 Å². The Kier molecular flexibility index (Phi) is 3.53. The average Bonchev–Trinajstić information content (AvgIpc) is 3.25. The maximum Gasteiger partial charge on any atom is 0.308 e. The largest absolute Gasteiger partial charge is 0.481 e. The molecule has 4 nitrogen and oxygen atoms in total. The van der Waals surface area contributed by atoms with Crippen LogP contribution in [0.1, 0.15) is 17.0 Å². The van der Waals surface area contributed by atoms with Crippen LogP contribution in [0.5, 0.6) is 0 Å². The smallest absolute Gasteiger partial charge is 0.308 e. The molecular weight excluding hydrogens is 300 g/mol. The summed E-state index contributed by atoms with van der Waals surface area (Å²) in [5.74, 6) is -2.42. The van der Waals surface area contributed by atoms with Crippen LogP contribution in [0.4, 0.5) is 0 Å². The van der Waals surface area contributed by atoms with Gasteiger partial charge in [0.25, 0.3) is 0 Å². The van der Waals surface area contributed by atoms with E-state index in [1.807, 2.05) is 13.0 Å². The molecule has 1 fully saturated rings. The third-order valence-electron chi connectivity index (χ3n) is 4.13. The quantitative estimate of drug-likeness (QED) is 0.941. The first-order chi connectivity index (χ1) is 10.4. The Balaban J connectivity index is 1.99. The summed E-state index contributed by atoms with van der Waals surface area (Å²) >= 11 is 0. The molecule has 1 aliphatic carbocycles. The number of carboxylic acids is 1. The van der Waals surface area contributed by atoms with Gasteiger partial charge in [0.2, 0.25) is 0 Å². The first-order valence-corrected chi connectivity index (χ1v) is 8.56. The second-order valence-electron chi connectivity index (χ2n) is 5.62. The maximum atomic E-state index is 12.7. The minimum atomic E-state index is -3.65. The van der Waals surface area contributed by atoms with Crippen LogP contribution in [0.25, 0.3) is 0 Å². The fourth-order valence-corrected chi connectivity index (χ4v) is 5.04. The minimum absolute atomic E-state index is 0.188. The van der Waals surface area contributed by atoms with Crippen molar-refractivity contribution in [3.8, 4) is 0 Å². The van der Waals surface area contributed by atoms with Gasteiger partial charge in [0.15, 0.2) is 9.84 Å². The Morgan fingerprint density at radius 1 is 1.00 bits per heavy atom. The molecule has 0 aliphatic heterocycles. The molecule has 1 aliphatic rings. The Labute approximate surface area is 129 Å². The van der Waals surface area contributed by atoms with Crippen molar-refractivity contribution in [2.45, 2.75) is 23.0 Å². The van der Waals surface area contributed by atoms with Crippen LogP contribution in [0.15, 0.2) is 59.5 Å². The molecule has 1 N–H and O–H groups in total. The van der Waals surface area contributed by atoms with Crippen molar-refractivity contribution in [1.29, 1.82) is 0 Å². The van der Waals surface area contributed by atoms with Crippen LogP contribution in [-0.4, -0.2) is 24.7 Å². The van der Waals surface area contributed by atoms with Gasteiger partial charge in [0.05, 0.1) is 16.1 Å². The lowest BCUT2D eigenvalue weighted by Gasteiger charge is -2.04. The molecular formula is C17H16O4S. The van der Waals surface area contributed by atoms with E-state index in [1.165, 1.54) is 0 Å². The molecule has 3 rings (SSSR count). The van der Waals surface area contributed by atoms with E-state index in [0.29, 0.717) is 0 Å². The summed E-state index contributed by atoms with van der Waals surface area (Å²) in [6.07, 6.45) is 0. The van der Waals surface area contributed by atoms with E-state index < -0.39 is 32.9 Å². The SMILES string of the molecule is Cc1ccc(S(=O)(=O)[C@@H]2[C@H](C(=O)O)[C@H]2c2ccccc2)cc1. The van der Waals surface area contributed by atoms with Gasteiger partial charge in [-0.05, 0) is 24.6 Å². The van der Waals surface area contributed by atoms with Crippen molar-refractivity contribution >= 4 is 15.8 Å². The topological polar surface area (TPSA) is 71.4 Å². The molecule has 0 radical (unpaired) electrons. The second kappa shape index (κ2) is 5.25. The summed E-state index contributed by atoms with van der Waals surface area (Å²) in [4.78, 5) is 11.6. The molecule has 0 aromatic heterocycles. The van der Waals surface area contributed by atoms with E-state index in [2.05, 4.69) is 0 Å². The van der Waals surface area contributed by atoms with E-state index in [0.717, 1.165) is 11.1 Å². The van der Waals surface area contributed by atoms with Crippen molar-refractivity contribution in [2.24, 2.45) is 5.92 Å². The van der Waals surface area contributed by atoms with Crippen molar-refractivity contribution in [3.05, 3.63) is 65.7 Å². The molecule has 0 bridgehead atoms. The molecule has 5 heteroatoms. The van der Waals surface area contributed by atoms with Crippen molar-refractivity contribution in [1.82, 2.24) is 0 Å². The molecule has 0 unspecified atom stereocenters.